The van der Waals surface area contributed by atoms with Gasteiger partial charge in [-0.25, -0.2) is 0 Å². The second-order valence-corrected chi connectivity index (χ2v) is 3.94. The van der Waals surface area contributed by atoms with Gasteiger partial charge in [0.05, 0.1) is 6.07 Å². The van der Waals surface area contributed by atoms with E-state index in [1.165, 1.54) is 0 Å². The van der Waals surface area contributed by atoms with Gasteiger partial charge in [0.2, 0.25) is 0 Å². The molecular weight excluding hydrogens is 208 g/mol. The zero-order valence-electron chi connectivity index (χ0n) is 9.07. The predicted octanol–water partition coefficient (Wildman–Crippen LogP) is 3.25. The maximum Gasteiger partial charge on any atom is 0.125 e. The lowest BCUT2D eigenvalue weighted by atomic mass is 10.1. The molecule has 2 nitrogen and oxygen atoms in total. The molecule has 0 heterocycles. The molecule has 80 valence electrons. The van der Waals surface area contributed by atoms with Gasteiger partial charge in [-0.2, -0.15) is 5.26 Å². The van der Waals surface area contributed by atoms with Crippen LogP contribution in [-0.4, -0.2) is 18.5 Å². The molecule has 1 rings (SSSR count). The van der Waals surface area contributed by atoms with Gasteiger partial charge >= 0.3 is 0 Å². The van der Waals surface area contributed by atoms with Crippen LogP contribution in [0.25, 0.3) is 0 Å². The Morgan fingerprint density at radius 2 is 2.13 bits per heavy atom. The summed E-state index contributed by atoms with van der Waals surface area (Å²) in [5.41, 5.74) is 0.887. The normalized spacial score (nSPS) is 12.5. The molecule has 0 amide bonds. The third-order valence-electron chi connectivity index (χ3n) is 2.34. The van der Waals surface area contributed by atoms with E-state index in [0.29, 0.717) is 5.02 Å². The van der Waals surface area contributed by atoms with Crippen LogP contribution < -0.4 is 0 Å². The van der Waals surface area contributed by atoms with E-state index >= 15 is 0 Å². The summed E-state index contributed by atoms with van der Waals surface area (Å²) in [4.78, 5) is 2.02. The Bertz CT molecular complexity index is 357. The Kier molecular flexibility index (Phi) is 4.61. The molecule has 1 aromatic carbocycles. The van der Waals surface area contributed by atoms with Crippen molar-refractivity contribution < 1.29 is 0 Å². The van der Waals surface area contributed by atoms with Crippen molar-refractivity contribution in [2.75, 3.05) is 13.6 Å². The second-order valence-electron chi connectivity index (χ2n) is 3.53. The number of nitrogens with zero attached hydrogens (tertiary/aromatic N) is 2. The van der Waals surface area contributed by atoms with Crippen LogP contribution in [-0.2, 0) is 0 Å². The van der Waals surface area contributed by atoms with Crippen LogP contribution in [0, 0.1) is 11.3 Å². The Morgan fingerprint density at radius 3 is 2.67 bits per heavy atom. The summed E-state index contributed by atoms with van der Waals surface area (Å²) in [5.74, 6) is 0. The van der Waals surface area contributed by atoms with Gasteiger partial charge in [-0.1, -0.05) is 36.7 Å². The van der Waals surface area contributed by atoms with Crippen molar-refractivity contribution in [3.05, 3.63) is 34.9 Å². The van der Waals surface area contributed by atoms with E-state index in [1.54, 1.807) is 0 Å². The van der Waals surface area contributed by atoms with Crippen LogP contribution in [0.5, 0.6) is 0 Å². The van der Waals surface area contributed by atoms with Gasteiger partial charge in [0.1, 0.15) is 6.04 Å². The fourth-order valence-corrected chi connectivity index (χ4v) is 1.82. The predicted molar refractivity (Wildman–Crippen MR) is 62.7 cm³/mol. The number of hydrogen-bond donors (Lipinski definition) is 0. The first kappa shape index (κ1) is 12.0. The Morgan fingerprint density at radius 1 is 1.47 bits per heavy atom. The van der Waals surface area contributed by atoms with Crippen LogP contribution >= 0.6 is 11.6 Å². The van der Waals surface area contributed by atoms with Crippen LogP contribution in [0.3, 0.4) is 0 Å². The SMILES string of the molecule is CCCN(C)C(C#N)c1ccccc1Cl. The van der Waals surface area contributed by atoms with Crippen molar-refractivity contribution in [3.8, 4) is 6.07 Å². The first-order valence-corrected chi connectivity index (χ1v) is 5.42. The fourth-order valence-electron chi connectivity index (χ4n) is 1.58. The molecule has 0 aliphatic heterocycles. The number of rotatable bonds is 4. The summed E-state index contributed by atoms with van der Waals surface area (Å²) in [6, 6.07) is 9.54. The minimum Gasteiger partial charge on any atom is -0.287 e. The number of hydrogen-bond acceptors (Lipinski definition) is 2. The zero-order chi connectivity index (χ0) is 11.3. The summed E-state index contributed by atoms with van der Waals surface area (Å²) in [6.45, 7) is 2.99. The molecule has 0 bridgehead atoms. The van der Waals surface area contributed by atoms with E-state index in [-0.39, 0.29) is 6.04 Å². The first-order chi connectivity index (χ1) is 7.20. The second kappa shape index (κ2) is 5.75. The average Bonchev–Trinajstić information content (AvgIpc) is 2.22. The molecule has 1 aromatic rings. The van der Waals surface area contributed by atoms with Crippen LogP contribution in [0.15, 0.2) is 24.3 Å². The van der Waals surface area contributed by atoms with Crippen molar-refractivity contribution in [1.82, 2.24) is 4.90 Å². The lowest BCUT2D eigenvalue weighted by Crippen LogP contribution is -2.24. The van der Waals surface area contributed by atoms with Gasteiger partial charge in [0, 0.05) is 10.6 Å². The molecule has 3 heteroatoms. The Hall–Kier alpha value is -1.04. The molecule has 0 saturated heterocycles. The van der Waals surface area contributed by atoms with Crippen molar-refractivity contribution in [3.63, 3.8) is 0 Å². The molecule has 0 spiro atoms. The minimum atomic E-state index is -0.251. The molecule has 0 aromatic heterocycles. The molecule has 0 radical (unpaired) electrons. The average molecular weight is 223 g/mol. The van der Waals surface area contributed by atoms with Crippen LogP contribution in [0.1, 0.15) is 24.9 Å². The highest BCUT2D eigenvalue weighted by Crippen LogP contribution is 2.25. The highest BCUT2D eigenvalue weighted by atomic mass is 35.5. The lowest BCUT2D eigenvalue weighted by Gasteiger charge is -2.22. The van der Waals surface area contributed by atoms with Gasteiger partial charge in [-0.3, -0.25) is 4.90 Å². The van der Waals surface area contributed by atoms with E-state index in [2.05, 4.69) is 13.0 Å². The van der Waals surface area contributed by atoms with Gasteiger partial charge < -0.3 is 0 Å². The smallest absolute Gasteiger partial charge is 0.125 e. The van der Waals surface area contributed by atoms with Crippen molar-refractivity contribution in [1.29, 1.82) is 5.26 Å². The topological polar surface area (TPSA) is 27.0 Å². The largest absolute Gasteiger partial charge is 0.287 e. The van der Waals surface area contributed by atoms with Gasteiger partial charge in [-0.15, -0.1) is 0 Å². The number of benzene rings is 1. The van der Waals surface area contributed by atoms with Gasteiger partial charge in [-0.05, 0) is 26.1 Å². The lowest BCUT2D eigenvalue weighted by molar-refractivity contribution is 0.292. The van der Waals surface area contributed by atoms with Crippen molar-refractivity contribution in [2.45, 2.75) is 19.4 Å². The molecule has 0 aliphatic rings. The summed E-state index contributed by atoms with van der Waals surface area (Å²) in [5, 5.41) is 9.81. The molecule has 0 saturated carbocycles. The van der Waals surface area contributed by atoms with E-state index in [0.717, 1.165) is 18.5 Å². The van der Waals surface area contributed by atoms with Crippen molar-refractivity contribution >= 4 is 11.6 Å². The molecule has 0 aliphatic carbocycles. The Labute approximate surface area is 96.1 Å². The van der Waals surface area contributed by atoms with E-state index < -0.39 is 0 Å². The highest BCUT2D eigenvalue weighted by Gasteiger charge is 2.17. The van der Waals surface area contributed by atoms with Gasteiger partial charge in [0.15, 0.2) is 0 Å². The van der Waals surface area contributed by atoms with E-state index in [1.807, 2.05) is 36.2 Å². The quantitative estimate of drug-likeness (QED) is 0.782. The van der Waals surface area contributed by atoms with Crippen LogP contribution in [0.4, 0.5) is 0 Å². The molecular formula is C12H15ClN2. The summed E-state index contributed by atoms with van der Waals surface area (Å²) in [7, 11) is 1.95. The molecule has 1 atom stereocenters. The molecule has 15 heavy (non-hydrogen) atoms. The zero-order valence-corrected chi connectivity index (χ0v) is 9.83. The van der Waals surface area contributed by atoms with Crippen molar-refractivity contribution in [2.24, 2.45) is 0 Å². The molecule has 0 fully saturated rings. The molecule has 1 unspecified atom stereocenters. The van der Waals surface area contributed by atoms with E-state index in [9.17, 15) is 0 Å². The minimum absolute atomic E-state index is 0.251. The van der Waals surface area contributed by atoms with Gasteiger partial charge in [0.25, 0.3) is 0 Å². The van der Waals surface area contributed by atoms with Crippen LogP contribution in [0.2, 0.25) is 5.02 Å². The number of nitriles is 1. The summed E-state index contributed by atoms with van der Waals surface area (Å²) in [6.07, 6.45) is 1.03. The maximum atomic E-state index is 9.15. The first-order valence-electron chi connectivity index (χ1n) is 5.05. The standard InChI is InChI=1S/C12H15ClN2/c1-3-8-15(2)12(9-14)10-6-4-5-7-11(10)13/h4-7,12H,3,8H2,1-2H3. The fraction of sp³-hybridized carbons (Fsp3) is 0.417. The third kappa shape index (κ3) is 2.95. The summed E-state index contributed by atoms with van der Waals surface area (Å²) < 4.78 is 0. The summed E-state index contributed by atoms with van der Waals surface area (Å²) >= 11 is 6.06. The third-order valence-corrected chi connectivity index (χ3v) is 2.68. The highest BCUT2D eigenvalue weighted by molar-refractivity contribution is 6.31. The Balaban J connectivity index is 2.94. The number of halogens is 1. The van der Waals surface area contributed by atoms with E-state index in [4.69, 9.17) is 16.9 Å². The maximum absolute atomic E-state index is 9.15. The molecule has 0 N–H and O–H groups in total. The monoisotopic (exact) mass is 222 g/mol.